The molecule has 0 spiro atoms. The zero-order chi connectivity index (χ0) is 12.3. The van der Waals surface area contributed by atoms with E-state index in [2.05, 4.69) is 27.9 Å². The van der Waals surface area contributed by atoms with Crippen LogP contribution in [0.25, 0.3) is 0 Å². The first-order valence-corrected chi connectivity index (χ1v) is 6.32. The van der Waals surface area contributed by atoms with Gasteiger partial charge in [0.1, 0.15) is 0 Å². The highest BCUT2D eigenvalue weighted by Crippen LogP contribution is 2.17. The van der Waals surface area contributed by atoms with Crippen LogP contribution in [0.1, 0.15) is 25.1 Å². The van der Waals surface area contributed by atoms with Gasteiger partial charge >= 0.3 is 0 Å². The van der Waals surface area contributed by atoms with Crippen molar-refractivity contribution in [3.8, 4) is 0 Å². The van der Waals surface area contributed by atoms with Gasteiger partial charge in [0.25, 0.3) is 0 Å². The normalized spacial score (nSPS) is 20.1. The smallest absolute Gasteiger partial charge is 0.0569 e. The van der Waals surface area contributed by atoms with Gasteiger partial charge in [-0.3, -0.25) is 4.98 Å². The summed E-state index contributed by atoms with van der Waals surface area (Å²) in [6, 6.07) is 4.19. The fourth-order valence-electron chi connectivity index (χ4n) is 2.16. The molecule has 17 heavy (non-hydrogen) atoms. The van der Waals surface area contributed by atoms with Crippen LogP contribution in [0.5, 0.6) is 0 Å². The molecule has 1 aromatic heterocycles. The van der Waals surface area contributed by atoms with Gasteiger partial charge in [-0.1, -0.05) is 0 Å². The van der Waals surface area contributed by atoms with Crippen molar-refractivity contribution in [1.82, 2.24) is 9.88 Å². The average Bonchev–Trinajstić information content (AvgIpc) is 2.54. The van der Waals surface area contributed by atoms with Gasteiger partial charge in [0.15, 0.2) is 0 Å². The number of nitrogens with two attached hydrogens (primary N) is 1. The fraction of sp³-hybridized carbons (Fsp3) is 0.615. The molecule has 0 aromatic carbocycles. The molecule has 94 valence electrons. The van der Waals surface area contributed by atoms with E-state index < -0.39 is 0 Å². The van der Waals surface area contributed by atoms with Crippen molar-refractivity contribution in [3.63, 3.8) is 0 Å². The summed E-state index contributed by atoms with van der Waals surface area (Å²) >= 11 is 0. The lowest BCUT2D eigenvalue weighted by molar-refractivity contribution is 0.360. The Kier molecular flexibility index (Phi) is 3.97. The fourth-order valence-corrected chi connectivity index (χ4v) is 2.16. The summed E-state index contributed by atoms with van der Waals surface area (Å²) in [7, 11) is 2.18. The largest absolute Gasteiger partial charge is 0.369 e. The zero-order valence-corrected chi connectivity index (χ0v) is 10.8. The number of hydrogen-bond donors (Lipinski definition) is 1. The van der Waals surface area contributed by atoms with Gasteiger partial charge in [-0.05, 0) is 39.1 Å². The van der Waals surface area contributed by atoms with E-state index in [0.29, 0.717) is 0 Å². The second-order valence-corrected chi connectivity index (χ2v) is 4.87. The van der Waals surface area contributed by atoms with Crippen LogP contribution >= 0.6 is 0 Å². The molecule has 4 nitrogen and oxygen atoms in total. The number of hydrogen-bond acceptors (Lipinski definition) is 4. The number of aromatic nitrogens is 1. The van der Waals surface area contributed by atoms with Crippen LogP contribution in [0.15, 0.2) is 18.3 Å². The standard InChI is InChI=1S/C13H22N4/c1-11(14)13-5-4-12(10-15-13)17-7-3-6-16(2)8-9-17/h4-5,10-11H,3,6-9,14H2,1-2H3/t11-/m0/s1. The molecule has 1 aliphatic rings. The molecule has 4 heteroatoms. The predicted octanol–water partition coefficient (Wildman–Crippen LogP) is 1.24. The van der Waals surface area contributed by atoms with Gasteiger partial charge < -0.3 is 15.5 Å². The summed E-state index contributed by atoms with van der Waals surface area (Å²) in [4.78, 5) is 9.21. The van der Waals surface area contributed by atoms with Gasteiger partial charge in [0.05, 0.1) is 17.6 Å². The first kappa shape index (κ1) is 12.3. The molecule has 1 aromatic rings. The molecule has 0 amide bonds. The summed E-state index contributed by atoms with van der Waals surface area (Å²) in [5.74, 6) is 0. The van der Waals surface area contributed by atoms with E-state index in [4.69, 9.17) is 5.73 Å². The Bertz CT molecular complexity index is 347. The van der Waals surface area contributed by atoms with Gasteiger partial charge in [-0.2, -0.15) is 0 Å². The van der Waals surface area contributed by atoms with Crippen molar-refractivity contribution in [2.24, 2.45) is 5.73 Å². The summed E-state index contributed by atoms with van der Waals surface area (Å²) < 4.78 is 0. The molecule has 1 atom stereocenters. The Morgan fingerprint density at radius 2 is 2.06 bits per heavy atom. The summed E-state index contributed by atoms with van der Waals surface area (Å²) in [5.41, 5.74) is 7.97. The lowest BCUT2D eigenvalue weighted by atomic mass is 10.2. The first-order chi connectivity index (χ1) is 8.16. The zero-order valence-electron chi connectivity index (χ0n) is 10.8. The molecule has 0 aliphatic carbocycles. The number of anilines is 1. The maximum atomic E-state index is 5.80. The van der Waals surface area contributed by atoms with Gasteiger partial charge in [-0.25, -0.2) is 0 Å². The average molecular weight is 234 g/mol. The van der Waals surface area contributed by atoms with E-state index in [-0.39, 0.29) is 6.04 Å². The highest BCUT2D eigenvalue weighted by atomic mass is 15.2. The van der Waals surface area contributed by atoms with Crippen LogP contribution < -0.4 is 10.6 Å². The first-order valence-electron chi connectivity index (χ1n) is 6.32. The maximum absolute atomic E-state index is 5.80. The van der Waals surface area contributed by atoms with Crippen LogP contribution in [-0.4, -0.2) is 43.1 Å². The van der Waals surface area contributed by atoms with E-state index in [1.54, 1.807) is 0 Å². The van der Waals surface area contributed by atoms with Gasteiger partial charge in [-0.15, -0.1) is 0 Å². The van der Waals surface area contributed by atoms with Crippen molar-refractivity contribution in [2.75, 3.05) is 38.1 Å². The van der Waals surface area contributed by atoms with Crippen LogP contribution in [0, 0.1) is 0 Å². The van der Waals surface area contributed by atoms with Crippen LogP contribution in [0.2, 0.25) is 0 Å². The summed E-state index contributed by atoms with van der Waals surface area (Å²) in [6.07, 6.45) is 3.16. The Balaban J connectivity index is 2.06. The Hall–Kier alpha value is -1.13. The third-order valence-corrected chi connectivity index (χ3v) is 3.32. The summed E-state index contributed by atoms with van der Waals surface area (Å²) in [6.45, 7) is 6.46. The molecule has 2 heterocycles. The Morgan fingerprint density at radius 1 is 1.24 bits per heavy atom. The number of nitrogens with zero attached hydrogens (tertiary/aromatic N) is 3. The molecular formula is C13H22N4. The Morgan fingerprint density at radius 3 is 2.71 bits per heavy atom. The van der Waals surface area contributed by atoms with Crippen molar-refractivity contribution in [1.29, 1.82) is 0 Å². The minimum absolute atomic E-state index is 0.0133. The highest BCUT2D eigenvalue weighted by Gasteiger charge is 2.13. The predicted molar refractivity (Wildman–Crippen MR) is 71.2 cm³/mol. The second-order valence-electron chi connectivity index (χ2n) is 4.87. The third kappa shape index (κ3) is 3.17. The van der Waals surface area contributed by atoms with Crippen molar-refractivity contribution < 1.29 is 0 Å². The third-order valence-electron chi connectivity index (χ3n) is 3.32. The molecule has 1 fully saturated rings. The monoisotopic (exact) mass is 234 g/mol. The minimum atomic E-state index is 0.0133. The van der Waals surface area contributed by atoms with E-state index >= 15 is 0 Å². The van der Waals surface area contributed by atoms with Crippen LogP contribution in [0.4, 0.5) is 5.69 Å². The second kappa shape index (κ2) is 5.47. The number of rotatable bonds is 2. The molecule has 1 saturated heterocycles. The van der Waals surface area contributed by atoms with Crippen LogP contribution in [-0.2, 0) is 0 Å². The van der Waals surface area contributed by atoms with Crippen molar-refractivity contribution >= 4 is 5.69 Å². The molecule has 0 unspecified atom stereocenters. The van der Waals surface area contributed by atoms with E-state index in [0.717, 1.165) is 25.3 Å². The molecular weight excluding hydrogens is 212 g/mol. The summed E-state index contributed by atoms with van der Waals surface area (Å²) in [5, 5.41) is 0. The molecule has 0 bridgehead atoms. The topological polar surface area (TPSA) is 45.4 Å². The SMILES string of the molecule is C[C@H](N)c1ccc(N2CCCN(C)CC2)cn1. The van der Waals surface area contributed by atoms with E-state index in [1.165, 1.54) is 18.7 Å². The molecule has 0 radical (unpaired) electrons. The lowest BCUT2D eigenvalue weighted by Gasteiger charge is -2.22. The van der Waals surface area contributed by atoms with E-state index in [9.17, 15) is 0 Å². The Labute approximate surface area is 103 Å². The maximum Gasteiger partial charge on any atom is 0.0569 e. The van der Waals surface area contributed by atoms with Crippen LogP contribution in [0.3, 0.4) is 0 Å². The lowest BCUT2D eigenvalue weighted by Crippen LogP contribution is -2.28. The minimum Gasteiger partial charge on any atom is -0.369 e. The molecule has 1 aliphatic heterocycles. The van der Waals surface area contributed by atoms with Crippen molar-refractivity contribution in [3.05, 3.63) is 24.0 Å². The van der Waals surface area contributed by atoms with Gasteiger partial charge in [0, 0.05) is 25.7 Å². The molecule has 0 saturated carbocycles. The van der Waals surface area contributed by atoms with E-state index in [1.807, 2.05) is 19.2 Å². The van der Waals surface area contributed by atoms with Gasteiger partial charge in [0.2, 0.25) is 0 Å². The quantitative estimate of drug-likeness (QED) is 0.836. The number of pyridine rings is 1. The van der Waals surface area contributed by atoms with Crippen molar-refractivity contribution in [2.45, 2.75) is 19.4 Å². The molecule has 2 rings (SSSR count). The number of likely N-dealkylation sites (N-methyl/N-ethyl adjacent to an activating group) is 1. The molecule has 2 N–H and O–H groups in total. The highest BCUT2D eigenvalue weighted by molar-refractivity contribution is 5.45.